The molecule has 0 aliphatic carbocycles. The van der Waals surface area contributed by atoms with E-state index < -0.39 is 0 Å². The topological polar surface area (TPSA) is 79.2 Å². The molecule has 0 bridgehead atoms. The predicted molar refractivity (Wildman–Crippen MR) is 81.1 cm³/mol. The van der Waals surface area contributed by atoms with Crippen LogP contribution in [-0.4, -0.2) is 33.6 Å². The van der Waals surface area contributed by atoms with E-state index in [1.54, 1.807) is 10.7 Å². The summed E-state index contributed by atoms with van der Waals surface area (Å²) in [7, 11) is 1.81. The number of carbonyl (C=O) groups is 1. The maximum atomic E-state index is 11.9. The molecular weight excluding hydrogens is 268 g/mol. The molecule has 0 radical (unpaired) electrons. The number of nitrogens with one attached hydrogen (secondary N) is 2. The van der Waals surface area contributed by atoms with E-state index in [2.05, 4.69) is 15.7 Å². The second-order valence-corrected chi connectivity index (χ2v) is 4.96. The van der Waals surface area contributed by atoms with E-state index in [0.717, 1.165) is 11.3 Å². The summed E-state index contributed by atoms with van der Waals surface area (Å²) in [6, 6.07) is 10.8. The lowest BCUT2D eigenvalue weighted by Crippen LogP contribution is -2.41. The van der Waals surface area contributed by atoms with Crippen LogP contribution in [-0.2, 0) is 13.5 Å². The number of urea groups is 1. The second kappa shape index (κ2) is 6.90. The number of hydrogen-bond acceptors (Lipinski definition) is 3. The van der Waals surface area contributed by atoms with Crippen LogP contribution in [0.4, 0.5) is 10.6 Å². The van der Waals surface area contributed by atoms with E-state index in [9.17, 15) is 9.90 Å². The highest BCUT2D eigenvalue weighted by molar-refractivity contribution is 5.88. The highest BCUT2D eigenvalue weighted by Gasteiger charge is 2.13. The van der Waals surface area contributed by atoms with Crippen LogP contribution in [0.5, 0.6) is 0 Å². The number of aryl methyl sites for hydroxylation is 2. The summed E-state index contributed by atoms with van der Waals surface area (Å²) >= 11 is 0. The molecule has 0 spiro atoms. The monoisotopic (exact) mass is 288 g/mol. The maximum absolute atomic E-state index is 11.9. The van der Waals surface area contributed by atoms with Gasteiger partial charge in [-0.1, -0.05) is 30.3 Å². The van der Waals surface area contributed by atoms with Gasteiger partial charge in [0.2, 0.25) is 0 Å². The molecule has 0 unspecified atom stereocenters. The van der Waals surface area contributed by atoms with Gasteiger partial charge < -0.3 is 10.4 Å². The Morgan fingerprint density at radius 2 is 2.10 bits per heavy atom. The van der Waals surface area contributed by atoms with Crippen molar-refractivity contribution in [2.45, 2.75) is 19.4 Å². The number of amides is 2. The molecular formula is C15H20N4O2. The first-order valence-corrected chi connectivity index (χ1v) is 6.81. The highest BCUT2D eigenvalue weighted by Crippen LogP contribution is 2.07. The van der Waals surface area contributed by atoms with Gasteiger partial charge in [0.1, 0.15) is 0 Å². The van der Waals surface area contributed by atoms with Crippen molar-refractivity contribution in [2.24, 2.45) is 7.05 Å². The van der Waals surface area contributed by atoms with Gasteiger partial charge in [0.25, 0.3) is 0 Å². The quantitative estimate of drug-likeness (QED) is 0.779. The molecule has 21 heavy (non-hydrogen) atoms. The summed E-state index contributed by atoms with van der Waals surface area (Å²) in [5, 5.41) is 18.9. The fraction of sp³-hybridized carbons (Fsp3) is 0.333. The van der Waals surface area contributed by atoms with E-state index in [0.29, 0.717) is 12.2 Å². The van der Waals surface area contributed by atoms with Crippen molar-refractivity contribution in [1.82, 2.24) is 15.1 Å². The standard InChI is InChI=1S/C15H20N4O2/c1-11-8-14(18-19(11)2)17-15(21)16-13(10-20)9-12-6-4-3-5-7-12/h3-8,13,20H,9-10H2,1-2H3,(H2,16,17,18,21)/t13-/m1/s1. The number of aromatic nitrogens is 2. The molecule has 0 saturated carbocycles. The van der Waals surface area contributed by atoms with E-state index in [-0.39, 0.29) is 18.7 Å². The molecule has 1 atom stereocenters. The predicted octanol–water partition coefficient (Wildman–Crippen LogP) is 1.45. The Bertz CT molecular complexity index is 575. The summed E-state index contributed by atoms with van der Waals surface area (Å²) in [6.07, 6.45) is 0.575. The average Bonchev–Trinajstić information content (AvgIpc) is 2.77. The summed E-state index contributed by atoms with van der Waals surface area (Å²) in [4.78, 5) is 11.9. The minimum Gasteiger partial charge on any atom is -0.394 e. The summed E-state index contributed by atoms with van der Waals surface area (Å²) < 4.78 is 1.68. The molecule has 112 valence electrons. The zero-order valence-corrected chi connectivity index (χ0v) is 12.2. The molecule has 2 aromatic rings. The van der Waals surface area contributed by atoms with Gasteiger partial charge in [-0.2, -0.15) is 5.10 Å². The first-order chi connectivity index (χ1) is 10.1. The first kappa shape index (κ1) is 15.1. The van der Waals surface area contributed by atoms with Crippen molar-refractivity contribution in [2.75, 3.05) is 11.9 Å². The van der Waals surface area contributed by atoms with Crippen molar-refractivity contribution in [3.8, 4) is 0 Å². The maximum Gasteiger partial charge on any atom is 0.320 e. The van der Waals surface area contributed by atoms with Crippen molar-refractivity contribution >= 4 is 11.8 Å². The van der Waals surface area contributed by atoms with Crippen molar-refractivity contribution in [1.29, 1.82) is 0 Å². The number of rotatable bonds is 5. The SMILES string of the molecule is Cc1cc(NC(=O)N[C@@H](CO)Cc2ccccc2)nn1C. The van der Waals surface area contributed by atoms with Crippen LogP contribution in [0.3, 0.4) is 0 Å². The van der Waals surface area contributed by atoms with Gasteiger partial charge in [-0.25, -0.2) is 4.79 Å². The van der Waals surface area contributed by atoms with E-state index in [4.69, 9.17) is 0 Å². The van der Waals surface area contributed by atoms with Crippen molar-refractivity contribution in [3.63, 3.8) is 0 Å². The zero-order valence-electron chi connectivity index (χ0n) is 12.2. The van der Waals surface area contributed by atoms with Gasteiger partial charge in [0.15, 0.2) is 5.82 Å². The molecule has 2 amide bonds. The Hall–Kier alpha value is -2.34. The lowest BCUT2D eigenvalue weighted by molar-refractivity contribution is 0.224. The molecule has 0 saturated heterocycles. The molecule has 0 aliphatic rings. The van der Waals surface area contributed by atoms with Crippen LogP contribution < -0.4 is 10.6 Å². The lowest BCUT2D eigenvalue weighted by Gasteiger charge is -2.16. The van der Waals surface area contributed by atoms with E-state index in [1.807, 2.05) is 44.3 Å². The van der Waals surface area contributed by atoms with Gasteiger partial charge in [0, 0.05) is 18.8 Å². The minimum absolute atomic E-state index is 0.121. The lowest BCUT2D eigenvalue weighted by atomic mass is 10.1. The molecule has 0 fully saturated rings. The van der Waals surface area contributed by atoms with Gasteiger partial charge in [-0.05, 0) is 18.9 Å². The number of aliphatic hydroxyl groups is 1. The molecule has 6 heteroatoms. The van der Waals surface area contributed by atoms with Crippen LogP contribution in [0.25, 0.3) is 0 Å². The van der Waals surface area contributed by atoms with Crippen LogP contribution in [0, 0.1) is 6.92 Å². The molecule has 6 nitrogen and oxygen atoms in total. The summed E-state index contributed by atoms with van der Waals surface area (Å²) in [6.45, 7) is 1.78. The van der Waals surface area contributed by atoms with Crippen molar-refractivity contribution < 1.29 is 9.90 Å². The minimum atomic E-state index is -0.372. The van der Waals surface area contributed by atoms with Crippen LogP contribution in [0.2, 0.25) is 0 Å². The van der Waals surface area contributed by atoms with Crippen LogP contribution in [0.15, 0.2) is 36.4 Å². The third kappa shape index (κ3) is 4.32. The average molecular weight is 288 g/mol. The van der Waals surface area contributed by atoms with E-state index in [1.165, 1.54) is 0 Å². The second-order valence-electron chi connectivity index (χ2n) is 4.96. The Kier molecular flexibility index (Phi) is 4.94. The van der Waals surface area contributed by atoms with Crippen molar-refractivity contribution in [3.05, 3.63) is 47.7 Å². The number of carbonyl (C=O) groups excluding carboxylic acids is 1. The van der Waals surface area contributed by atoms with Gasteiger partial charge in [-0.15, -0.1) is 0 Å². The third-order valence-electron chi connectivity index (χ3n) is 3.24. The molecule has 1 aromatic heterocycles. The first-order valence-electron chi connectivity index (χ1n) is 6.81. The summed E-state index contributed by atoms with van der Waals surface area (Å²) in [5.74, 6) is 0.490. The number of hydrogen-bond donors (Lipinski definition) is 3. The summed E-state index contributed by atoms with van der Waals surface area (Å²) in [5.41, 5.74) is 2.01. The molecule has 1 aromatic carbocycles. The fourth-order valence-corrected chi connectivity index (χ4v) is 2.02. The highest BCUT2D eigenvalue weighted by atomic mass is 16.3. The zero-order chi connectivity index (χ0) is 15.2. The van der Waals surface area contributed by atoms with Crippen LogP contribution >= 0.6 is 0 Å². The number of aliphatic hydroxyl groups excluding tert-OH is 1. The van der Waals surface area contributed by atoms with Gasteiger partial charge in [0.05, 0.1) is 12.6 Å². The molecule has 0 aliphatic heterocycles. The smallest absolute Gasteiger partial charge is 0.320 e. The Balaban J connectivity index is 1.90. The molecule has 1 heterocycles. The fourth-order valence-electron chi connectivity index (χ4n) is 2.02. The largest absolute Gasteiger partial charge is 0.394 e. The number of benzene rings is 1. The Morgan fingerprint density at radius 3 is 2.67 bits per heavy atom. The Morgan fingerprint density at radius 1 is 1.38 bits per heavy atom. The molecule has 3 N–H and O–H groups in total. The van der Waals surface area contributed by atoms with Crippen LogP contribution in [0.1, 0.15) is 11.3 Å². The third-order valence-corrected chi connectivity index (χ3v) is 3.24. The van der Waals surface area contributed by atoms with Gasteiger partial charge >= 0.3 is 6.03 Å². The Labute approximate surface area is 123 Å². The number of anilines is 1. The van der Waals surface area contributed by atoms with E-state index >= 15 is 0 Å². The molecule has 2 rings (SSSR count). The van der Waals surface area contributed by atoms with Gasteiger partial charge in [-0.3, -0.25) is 10.00 Å². The normalized spacial score (nSPS) is 12.0. The number of nitrogens with zero attached hydrogens (tertiary/aromatic N) is 2.